The molecule has 1 rings (SSSR count). The molecule has 0 saturated heterocycles. The van der Waals surface area contributed by atoms with Crippen molar-refractivity contribution in [3.05, 3.63) is 29.8 Å². The van der Waals surface area contributed by atoms with Gasteiger partial charge in [-0.05, 0) is 38.1 Å². The molecule has 0 amide bonds. The molecule has 0 spiro atoms. The van der Waals surface area contributed by atoms with Gasteiger partial charge in [0.05, 0.1) is 18.1 Å². The Labute approximate surface area is 106 Å². The van der Waals surface area contributed by atoms with Crippen molar-refractivity contribution < 1.29 is 19.1 Å². The van der Waals surface area contributed by atoms with E-state index in [1.165, 1.54) is 7.11 Å². The first-order valence-electron chi connectivity index (χ1n) is 5.48. The summed E-state index contributed by atoms with van der Waals surface area (Å²) in [6.07, 6.45) is 0. The standard InChI is InChI=1S/C13H17NO4/c1-13(2,12(16)17-3)8-18-11(15)9-4-6-10(14)7-5-9/h4-7H,8,14H2,1-3H3. The molecule has 0 aliphatic heterocycles. The quantitative estimate of drug-likeness (QED) is 0.650. The zero-order valence-electron chi connectivity index (χ0n) is 10.7. The van der Waals surface area contributed by atoms with Crippen LogP contribution >= 0.6 is 0 Å². The summed E-state index contributed by atoms with van der Waals surface area (Å²) in [5.74, 6) is -0.917. The van der Waals surface area contributed by atoms with Crippen LogP contribution in [0, 0.1) is 5.41 Å². The average molecular weight is 251 g/mol. The lowest BCUT2D eigenvalue weighted by molar-refractivity contribution is -0.152. The van der Waals surface area contributed by atoms with Gasteiger partial charge in [-0.25, -0.2) is 4.79 Å². The molecule has 5 nitrogen and oxygen atoms in total. The largest absolute Gasteiger partial charge is 0.469 e. The molecule has 0 radical (unpaired) electrons. The van der Waals surface area contributed by atoms with E-state index in [4.69, 9.17) is 10.5 Å². The van der Waals surface area contributed by atoms with Crippen LogP contribution in [0.1, 0.15) is 24.2 Å². The minimum Gasteiger partial charge on any atom is -0.469 e. The van der Waals surface area contributed by atoms with Gasteiger partial charge in [0.2, 0.25) is 0 Å². The molecule has 0 atom stereocenters. The molecule has 0 aliphatic rings. The van der Waals surface area contributed by atoms with Crippen LogP contribution in [-0.2, 0) is 14.3 Å². The monoisotopic (exact) mass is 251 g/mol. The highest BCUT2D eigenvalue weighted by molar-refractivity contribution is 5.90. The molecule has 0 unspecified atom stereocenters. The lowest BCUT2D eigenvalue weighted by Crippen LogP contribution is -2.31. The predicted octanol–water partition coefficient (Wildman–Crippen LogP) is 1.62. The number of ether oxygens (including phenoxy) is 2. The highest BCUT2D eigenvalue weighted by Gasteiger charge is 2.30. The Bertz CT molecular complexity index is 437. The second-order valence-corrected chi connectivity index (χ2v) is 4.57. The van der Waals surface area contributed by atoms with E-state index in [0.717, 1.165) is 0 Å². The number of hydrogen-bond acceptors (Lipinski definition) is 5. The highest BCUT2D eigenvalue weighted by Crippen LogP contribution is 2.18. The number of nitrogens with two attached hydrogens (primary N) is 1. The first kappa shape index (κ1) is 14.0. The fraction of sp³-hybridized carbons (Fsp3) is 0.385. The summed E-state index contributed by atoms with van der Waals surface area (Å²) in [5.41, 5.74) is 5.62. The van der Waals surface area contributed by atoms with E-state index < -0.39 is 17.4 Å². The van der Waals surface area contributed by atoms with Gasteiger partial charge in [0.25, 0.3) is 0 Å². The van der Waals surface area contributed by atoms with Gasteiger partial charge in [0, 0.05) is 5.69 Å². The van der Waals surface area contributed by atoms with Crippen LogP contribution < -0.4 is 5.73 Å². The van der Waals surface area contributed by atoms with E-state index in [1.807, 2.05) is 0 Å². The second-order valence-electron chi connectivity index (χ2n) is 4.57. The van der Waals surface area contributed by atoms with E-state index in [2.05, 4.69) is 4.74 Å². The van der Waals surface area contributed by atoms with Crippen molar-refractivity contribution in [1.82, 2.24) is 0 Å². The summed E-state index contributed by atoms with van der Waals surface area (Å²) in [6, 6.07) is 6.37. The number of anilines is 1. The number of nitrogen functional groups attached to an aromatic ring is 1. The van der Waals surface area contributed by atoms with E-state index in [-0.39, 0.29) is 6.61 Å². The summed E-state index contributed by atoms with van der Waals surface area (Å²) in [7, 11) is 1.30. The normalized spacial score (nSPS) is 10.8. The van der Waals surface area contributed by atoms with Gasteiger partial charge in [0.15, 0.2) is 0 Å². The molecule has 0 bridgehead atoms. The lowest BCUT2D eigenvalue weighted by Gasteiger charge is -2.20. The fourth-order valence-corrected chi connectivity index (χ4v) is 1.28. The first-order chi connectivity index (χ1) is 8.36. The molecule has 0 fully saturated rings. The number of benzene rings is 1. The summed E-state index contributed by atoms with van der Waals surface area (Å²) in [6.45, 7) is 3.26. The number of hydrogen-bond donors (Lipinski definition) is 1. The molecule has 2 N–H and O–H groups in total. The Kier molecular flexibility index (Phi) is 4.31. The van der Waals surface area contributed by atoms with Gasteiger partial charge in [-0.1, -0.05) is 0 Å². The maximum atomic E-state index is 11.7. The average Bonchev–Trinajstić information content (AvgIpc) is 2.35. The fourth-order valence-electron chi connectivity index (χ4n) is 1.28. The molecule has 98 valence electrons. The van der Waals surface area contributed by atoms with Gasteiger partial charge in [-0.3, -0.25) is 4.79 Å². The number of methoxy groups -OCH3 is 1. The van der Waals surface area contributed by atoms with Crippen molar-refractivity contribution in [3.63, 3.8) is 0 Å². The number of esters is 2. The third kappa shape index (κ3) is 3.48. The maximum Gasteiger partial charge on any atom is 0.338 e. The van der Waals surface area contributed by atoms with Crippen LogP contribution in [0.3, 0.4) is 0 Å². The highest BCUT2D eigenvalue weighted by atomic mass is 16.5. The SMILES string of the molecule is COC(=O)C(C)(C)COC(=O)c1ccc(N)cc1. The third-order valence-corrected chi connectivity index (χ3v) is 2.45. The Morgan fingerprint density at radius 3 is 2.28 bits per heavy atom. The second kappa shape index (κ2) is 5.53. The zero-order valence-corrected chi connectivity index (χ0v) is 10.7. The first-order valence-corrected chi connectivity index (χ1v) is 5.48. The molecule has 0 aliphatic carbocycles. The lowest BCUT2D eigenvalue weighted by atomic mass is 9.95. The van der Waals surface area contributed by atoms with E-state index in [1.54, 1.807) is 38.1 Å². The number of carbonyl (C=O) groups is 2. The molecule has 1 aromatic carbocycles. The summed E-state index contributed by atoms with van der Waals surface area (Å²) < 4.78 is 9.70. The molecule has 0 saturated carbocycles. The van der Waals surface area contributed by atoms with Crippen molar-refractivity contribution in [2.45, 2.75) is 13.8 Å². The van der Waals surface area contributed by atoms with E-state index in [0.29, 0.717) is 11.3 Å². The Morgan fingerprint density at radius 2 is 1.78 bits per heavy atom. The van der Waals surface area contributed by atoms with Crippen LogP contribution in [0.2, 0.25) is 0 Å². The van der Waals surface area contributed by atoms with Crippen molar-refractivity contribution in [2.75, 3.05) is 19.5 Å². The summed E-state index contributed by atoms with van der Waals surface area (Å²) in [5, 5.41) is 0. The number of rotatable bonds is 4. The predicted molar refractivity (Wildman–Crippen MR) is 66.9 cm³/mol. The van der Waals surface area contributed by atoms with Gasteiger partial charge in [0.1, 0.15) is 6.61 Å². The molecular formula is C13H17NO4. The van der Waals surface area contributed by atoms with Gasteiger partial charge in [-0.2, -0.15) is 0 Å². The Balaban J connectivity index is 2.61. The van der Waals surface area contributed by atoms with Crippen molar-refractivity contribution >= 4 is 17.6 Å². The molecular weight excluding hydrogens is 234 g/mol. The Hall–Kier alpha value is -2.04. The van der Waals surface area contributed by atoms with Gasteiger partial charge >= 0.3 is 11.9 Å². The van der Waals surface area contributed by atoms with E-state index >= 15 is 0 Å². The van der Waals surface area contributed by atoms with Crippen LogP contribution in [-0.4, -0.2) is 25.7 Å². The van der Waals surface area contributed by atoms with E-state index in [9.17, 15) is 9.59 Å². The topological polar surface area (TPSA) is 78.6 Å². The van der Waals surface area contributed by atoms with Crippen molar-refractivity contribution in [2.24, 2.45) is 5.41 Å². The van der Waals surface area contributed by atoms with Gasteiger partial charge in [-0.15, -0.1) is 0 Å². The van der Waals surface area contributed by atoms with Gasteiger partial charge < -0.3 is 15.2 Å². The van der Waals surface area contributed by atoms with Crippen LogP contribution in [0.4, 0.5) is 5.69 Å². The molecule has 5 heteroatoms. The molecule has 0 heterocycles. The smallest absolute Gasteiger partial charge is 0.338 e. The Morgan fingerprint density at radius 1 is 1.22 bits per heavy atom. The molecule has 1 aromatic rings. The number of carbonyl (C=O) groups excluding carboxylic acids is 2. The minimum absolute atomic E-state index is 0.0388. The van der Waals surface area contributed by atoms with Crippen molar-refractivity contribution in [3.8, 4) is 0 Å². The molecule has 0 aromatic heterocycles. The minimum atomic E-state index is -0.863. The molecule has 18 heavy (non-hydrogen) atoms. The third-order valence-electron chi connectivity index (χ3n) is 2.45. The summed E-state index contributed by atoms with van der Waals surface area (Å²) >= 11 is 0. The van der Waals surface area contributed by atoms with Crippen molar-refractivity contribution in [1.29, 1.82) is 0 Å². The van der Waals surface area contributed by atoms with Crippen LogP contribution in [0.15, 0.2) is 24.3 Å². The van der Waals surface area contributed by atoms with Crippen LogP contribution in [0.5, 0.6) is 0 Å². The maximum absolute atomic E-state index is 11.7. The zero-order chi connectivity index (χ0) is 13.8. The summed E-state index contributed by atoms with van der Waals surface area (Å²) in [4.78, 5) is 23.1. The van der Waals surface area contributed by atoms with Crippen LogP contribution in [0.25, 0.3) is 0 Å².